The normalized spacial score (nSPS) is 10.3. The fraction of sp³-hybridized carbons (Fsp3) is 0.222. The summed E-state index contributed by atoms with van der Waals surface area (Å²) in [5.74, 6) is 0.244. The van der Waals surface area contributed by atoms with Crippen molar-refractivity contribution in [3.8, 4) is 5.95 Å². The summed E-state index contributed by atoms with van der Waals surface area (Å²) in [6.07, 6.45) is 0. The van der Waals surface area contributed by atoms with Gasteiger partial charge in [-0.05, 0) is 40.9 Å². The van der Waals surface area contributed by atoms with Crippen LogP contribution in [0, 0.1) is 13.8 Å². The summed E-state index contributed by atoms with van der Waals surface area (Å²) in [6, 6.07) is 1.88. The number of aryl methyl sites for hydroxylation is 2. The fourth-order valence-electron chi connectivity index (χ4n) is 1.67. The first-order chi connectivity index (χ1) is 10.7. The lowest BCUT2D eigenvalue weighted by atomic mass is 10.4. The zero-order chi connectivity index (χ0) is 15.5. The third-order valence-electron chi connectivity index (χ3n) is 2.51. The molecule has 0 saturated carbocycles. The molecule has 0 saturated heterocycles. The van der Waals surface area contributed by atoms with Gasteiger partial charge in [-0.2, -0.15) is 5.10 Å². The van der Waals surface area contributed by atoms with Gasteiger partial charge >= 0.3 is 0 Å². The number of rotatable bonds is 4. The third-order valence-corrected chi connectivity index (χ3v) is 2.51. The molecule has 0 atom stereocenters. The number of nitrogens with zero attached hydrogens (tertiary/aromatic N) is 11. The van der Waals surface area contributed by atoms with Crippen molar-refractivity contribution in [1.82, 2.24) is 40.5 Å². The van der Waals surface area contributed by atoms with Crippen molar-refractivity contribution in [3.05, 3.63) is 27.9 Å². The van der Waals surface area contributed by atoms with E-state index in [1.807, 2.05) is 19.9 Å². The summed E-state index contributed by atoms with van der Waals surface area (Å²) in [5.41, 5.74) is 10.1. The SMILES string of the molecule is Cc1cc(C)n(-c2nnc(Nc3nonc3N=[N+]=[N-])nn2)n1. The summed E-state index contributed by atoms with van der Waals surface area (Å²) in [4.78, 5) is 2.59. The van der Waals surface area contributed by atoms with E-state index in [2.05, 4.69) is 55.8 Å². The largest absolute Gasteiger partial charge is 0.302 e. The van der Waals surface area contributed by atoms with Crippen LogP contribution in [0.5, 0.6) is 0 Å². The second-order valence-electron chi connectivity index (χ2n) is 4.11. The molecule has 1 N–H and O–H groups in total. The number of anilines is 2. The molecule has 0 amide bonds. The first-order valence-electron chi connectivity index (χ1n) is 5.93. The number of aromatic nitrogens is 8. The molecule has 0 unspecified atom stereocenters. The molecule has 0 radical (unpaired) electrons. The monoisotopic (exact) mass is 300 g/mol. The van der Waals surface area contributed by atoms with Gasteiger partial charge in [-0.1, -0.05) is 0 Å². The van der Waals surface area contributed by atoms with E-state index in [1.165, 1.54) is 4.68 Å². The Morgan fingerprint density at radius 1 is 1.23 bits per heavy atom. The molecule has 13 nitrogen and oxygen atoms in total. The third kappa shape index (κ3) is 2.51. The average Bonchev–Trinajstić information content (AvgIpc) is 3.07. The molecule has 0 aliphatic heterocycles. The summed E-state index contributed by atoms with van der Waals surface area (Å²) >= 11 is 0. The van der Waals surface area contributed by atoms with E-state index in [0.717, 1.165) is 11.4 Å². The van der Waals surface area contributed by atoms with Crippen LogP contribution < -0.4 is 5.32 Å². The minimum Gasteiger partial charge on any atom is -0.302 e. The molecule has 0 bridgehead atoms. The van der Waals surface area contributed by atoms with Crippen LogP contribution in [0.3, 0.4) is 0 Å². The first kappa shape index (κ1) is 13.4. The standard InChI is InChI=1S/C9H8N12O/c1-4-3-5(2)21(17-4)9-15-13-8(14-16-9)11-6-7(12-20-10)19-22-18-6/h3H,1-2H3,(H,11,13,14,18). The molecule has 3 aromatic heterocycles. The zero-order valence-corrected chi connectivity index (χ0v) is 11.4. The average molecular weight is 300 g/mol. The second kappa shape index (κ2) is 5.41. The van der Waals surface area contributed by atoms with E-state index < -0.39 is 0 Å². The summed E-state index contributed by atoms with van der Waals surface area (Å²) in [7, 11) is 0. The zero-order valence-electron chi connectivity index (χ0n) is 11.4. The quantitative estimate of drug-likeness (QED) is 0.421. The molecule has 0 spiro atoms. The molecule has 3 rings (SSSR count). The van der Waals surface area contributed by atoms with E-state index in [-0.39, 0.29) is 23.5 Å². The van der Waals surface area contributed by atoms with E-state index >= 15 is 0 Å². The van der Waals surface area contributed by atoms with Gasteiger partial charge in [-0.3, -0.25) is 0 Å². The summed E-state index contributed by atoms with van der Waals surface area (Å²) in [5, 5.41) is 32.6. The smallest absolute Gasteiger partial charge is 0.289 e. The molecule has 22 heavy (non-hydrogen) atoms. The maximum absolute atomic E-state index is 8.37. The lowest BCUT2D eigenvalue weighted by Crippen LogP contribution is -2.10. The van der Waals surface area contributed by atoms with E-state index in [1.54, 1.807) is 0 Å². The Labute approximate surface area is 122 Å². The maximum Gasteiger partial charge on any atom is 0.289 e. The van der Waals surface area contributed by atoms with Crippen LogP contribution in [0.2, 0.25) is 0 Å². The van der Waals surface area contributed by atoms with Crippen molar-refractivity contribution in [2.75, 3.05) is 5.32 Å². The molecule has 0 aromatic carbocycles. The number of azide groups is 1. The molecule has 0 aliphatic rings. The minimum atomic E-state index is -0.0753. The minimum absolute atomic E-state index is 0.0374. The van der Waals surface area contributed by atoms with Gasteiger partial charge in [-0.25, -0.2) is 9.31 Å². The van der Waals surface area contributed by atoms with E-state index in [9.17, 15) is 0 Å². The molecule has 3 heterocycles. The molecule has 0 fully saturated rings. The molecule has 13 heteroatoms. The molecular weight excluding hydrogens is 292 g/mol. The Kier molecular flexibility index (Phi) is 3.29. The Balaban J connectivity index is 1.84. The number of hydrogen-bond acceptors (Lipinski definition) is 10. The lowest BCUT2D eigenvalue weighted by molar-refractivity contribution is 0.310. The Hall–Kier alpha value is -3.60. The highest BCUT2D eigenvalue weighted by Crippen LogP contribution is 2.21. The second-order valence-corrected chi connectivity index (χ2v) is 4.11. The van der Waals surface area contributed by atoms with Crippen molar-refractivity contribution in [2.45, 2.75) is 13.8 Å². The van der Waals surface area contributed by atoms with Crippen LogP contribution in [-0.4, -0.2) is 40.5 Å². The number of hydrogen-bond donors (Lipinski definition) is 1. The lowest BCUT2D eigenvalue weighted by Gasteiger charge is -2.01. The highest BCUT2D eigenvalue weighted by atomic mass is 16.6. The van der Waals surface area contributed by atoms with Gasteiger partial charge in [-0.15, -0.1) is 20.4 Å². The topological polar surface area (TPSA) is 169 Å². The molecule has 3 aromatic rings. The first-order valence-corrected chi connectivity index (χ1v) is 5.93. The van der Waals surface area contributed by atoms with Crippen LogP contribution >= 0.6 is 0 Å². The van der Waals surface area contributed by atoms with Gasteiger partial charge in [0.2, 0.25) is 11.6 Å². The predicted octanol–water partition coefficient (Wildman–Crippen LogP) is 1.14. The van der Waals surface area contributed by atoms with Crippen molar-refractivity contribution >= 4 is 17.6 Å². The van der Waals surface area contributed by atoms with Crippen LogP contribution in [0.4, 0.5) is 17.6 Å². The van der Waals surface area contributed by atoms with Gasteiger partial charge in [0.1, 0.15) is 0 Å². The van der Waals surface area contributed by atoms with E-state index in [4.69, 9.17) is 5.53 Å². The summed E-state index contributed by atoms with van der Waals surface area (Å²) < 4.78 is 5.96. The van der Waals surface area contributed by atoms with Gasteiger partial charge < -0.3 is 5.32 Å². The van der Waals surface area contributed by atoms with Gasteiger partial charge in [0.25, 0.3) is 11.9 Å². The Morgan fingerprint density at radius 3 is 2.64 bits per heavy atom. The Morgan fingerprint density at radius 2 is 2.00 bits per heavy atom. The van der Waals surface area contributed by atoms with Gasteiger partial charge in [0.05, 0.1) is 5.69 Å². The fourth-order valence-corrected chi connectivity index (χ4v) is 1.67. The Bertz CT molecular complexity index is 842. The van der Waals surface area contributed by atoms with Crippen molar-refractivity contribution in [3.63, 3.8) is 0 Å². The highest BCUT2D eigenvalue weighted by molar-refractivity contribution is 5.59. The van der Waals surface area contributed by atoms with Gasteiger partial charge in [0.15, 0.2) is 0 Å². The summed E-state index contributed by atoms with van der Waals surface area (Å²) in [6.45, 7) is 3.72. The number of nitrogens with one attached hydrogen (secondary N) is 1. The van der Waals surface area contributed by atoms with Crippen molar-refractivity contribution in [2.24, 2.45) is 5.11 Å². The van der Waals surface area contributed by atoms with Crippen LogP contribution in [-0.2, 0) is 0 Å². The maximum atomic E-state index is 8.37. The van der Waals surface area contributed by atoms with Crippen LogP contribution in [0.15, 0.2) is 15.8 Å². The van der Waals surface area contributed by atoms with E-state index in [0.29, 0.717) is 0 Å². The van der Waals surface area contributed by atoms with Crippen LogP contribution in [0.1, 0.15) is 11.4 Å². The molecular formula is C9H8N12O. The van der Waals surface area contributed by atoms with Crippen LogP contribution in [0.25, 0.3) is 16.4 Å². The predicted molar refractivity (Wildman–Crippen MR) is 70.6 cm³/mol. The molecule has 110 valence electrons. The highest BCUT2D eigenvalue weighted by Gasteiger charge is 2.12. The molecule has 0 aliphatic carbocycles. The van der Waals surface area contributed by atoms with Crippen molar-refractivity contribution in [1.29, 1.82) is 0 Å². The van der Waals surface area contributed by atoms with Gasteiger partial charge in [0, 0.05) is 10.6 Å². The van der Waals surface area contributed by atoms with Crippen molar-refractivity contribution < 1.29 is 4.63 Å².